The summed E-state index contributed by atoms with van der Waals surface area (Å²) >= 11 is 0. The van der Waals surface area contributed by atoms with E-state index in [0.717, 1.165) is 11.3 Å². The molecule has 0 saturated carbocycles. The number of benzene rings is 2. The topological polar surface area (TPSA) is 54.0 Å². The summed E-state index contributed by atoms with van der Waals surface area (Å²) in [6.45, 7) is 1.30. The van der Waals surface area contributed by atoms with Gasteiger partial charge >= 0.3 is 0 Å². The van der Waals surface area contributed by atoms with Crippen LogP contribution in [-0.2, 0) is 6.54 Å². The Morgan fingerprint density at radius 2 is 1.88 bits per heavy atom. The van der Waals surface area contributed by atoms with E-state index in [2.05, 4.69) is 5.32 Å². The molecule has 1 unspecified atom stereocenters. The minimum absolute atomic E-state index is 0.238. The van der Waals surface area contributed by atoms with Gasteiger partial charge < -0.3 is 24.8 Å². The van der Waals surface area contributed by atoms with E-state index >= 15 is 0 Å². The Kier molecular flexibility index (Phi) is 7.03. The lowest BCUT2D eigenvalue weighted by molar-refractivity contribution is 0.0831. The van der Waals surface area contributed by atoms with Crippen molar-refractivity contribution in [3.05, 3.63) is 53.8 Å². The van der Waals surface area contributed by atoms with Crippen molar-refractivity contribution in [3.8, 4) is 11.5 Å². The summed E-state index contributed by atoms with van der Waals surface area (Å²) in [5, 5.41) is 13.0. The fourth-order valence-electron chi connectivity index (χ4n) is 2.36. The number of ether oxygens (including phenoxy) is 2. The first-order chi connectivity index (χ1) is 12.0. The van der Waals surface area contributed by atoms with Gasteiger partial charge in [-0.25, -0.2) is 4.39 Å². The number of methoxy groups -OCH3 is 1. The van der Waals surface area contributed by atoms with Gasteiger partial charge in [0.15, 0.2) is 11.6 Å². The lowest BCUT2D eigenvalue weighted by Gasteiger charge is -2.16. The first-order valence-electron chi connectivity index (χ1n) is 8.10. The molecule has 2 rings (SSSR count). The molecule has 25 heavy (non-hydrogen) atoms. The van der Waals surface area contributed by atoms with Crippen LogP contribution in [0.4, 0.5) is 10.1 Å². The molecule has 0 fully saturated rings. The van der Waals surface area contributed by atoms with Crippen molar-refractivity contribution in [2.45, 2.75) is 12.6 Å². The maximum Gasteiger partial charge on any atom is 0.165 e. The predicted octanol–water partition coefficient (Wildman–Crippen LogP) is 2.75. The van der Waals surface area contributed by atoms with E-state index in [0.29, 0.717) is 18.8 Å². The van der Waals surface area contributed by atoms with Gasteiger partial charge in [-0.1, -0.05) is 6.07 Å². The highest BCUT2D eigenvalue weighted by atomic mass is 19.1. The van der Waals surface area contributed by atoms with E-state index in [-0.39, 0.29) is 18.2 Å². The molecule has 0 heterocycles. The van der Waals surface area contributed by atoms with Crippen molar-refractivity contribution < 1.29 is 19.0 Å². The molecular formula is C19H25FN2O3. The zero-order chi connectivity index (χ0) is 18.2. The Labute approximate surface area is 148 Å². The van der Waals surface area contributed by atoms with E-state index in [9.17, 15) is 9.50 Å². The van der Waals surface area contributed by atoms with E-state index < -0.39 is 6.10 Å². The maximum atomic E-state index is 13.7. The molecule has 2 N–H and O–H groups in total. The molecule has 0 aromatic heterocycles. The van der Waals surface area contributed by atoms with Gasteiger partial charge in [-0.15, -0.1) is 0 Å². The summed E-state index contributed by atoms with van der Waals surface area (Å²) in [5.74, 6) is 0.558. The largest absolute Gasteiger partial charge is 0.494 e. The Morgan fingerprint density at radius 1 is 1.16 bits per heavy atom. The molecule has 1 atom stereocenters. The van der Waals surface area contributed by atoms with Gasteiger partial charge in [0.1, 0.15) is 18.5 Å². The fraction of sp³-hybridized carbons (Fsp3) is 0.368. The molecule has 0 amide bonds. The maximum absolute atomic E-state index is 13.7. The van der Waals surface area contributed by atoms with Crippen molar-refractivity contribution in [1.82, 2.24) is 4.90 Å². The SMILES string of the molecule is COc1ccc(CNc2ccc(OCC(O)CN(C)C)cc2)cc1F. The average Bonchev–Trinajstić information content (AvgIpc) is 2.58. The second-order valence-electron chi connectivity index (χ2n) is 6.07. The van der Waals surface area contributed by atoms with Crippen molar-refractivity contribution in [3.63, 3.8) is 0 Å². The molecule has 0 aliphatic carbocycles. The molecule has 2 aromatic rings. The van der Waals surface area contributed by atoms with Crippen LogP contribution in [0, 0.1) is 5.82 Å². The van der Waals surface area contributed by atoms with Crippen molar-refractivity contribution in [2.24, 2.45) is 0 Å². The number of hydrogen-bond donors (Lipinski definition) is 2. The van der Waals surface area contributed by atoms with Crippen LogP contribution in [0.25, 0.3) is 0 Å². The van der Waals surface area contributed by atoms with Crippen molar-refractivity contribution in [1.29, 1.82) is 0 Å². The van der Waals surface area contributed by atoms with Crippen LogP contribution < -0.4 is 14.8 Å². The van der Waals surface area contributed by atoms with Gasteiger partial charge in [0.25, 0.3) is 0 Å². The fourth-order valence-corrected chi connectivity index (χ4v) is 2.36. The zero-order valence-corrected chi connectivity index (χ0v) is 14.8. The Morgan fingerprint density at radius 3 is 2.48 bits per heavy atom. The number of hydrogen-bond acceptors (Lipinski definition) is 5. The lowest BCUT2D eigenvalue weighted by atomic mass is 10.2. The number of rotatable bonds is 9. The molecule has 136 valence electrons. The van der Waals surface area contributed by atoms with E-state index in [1.54, 1.807) is 6.07 Å². The summed E-state index contributed by atoms with van der Waals surface area (Å²) in [6, 6.07) is 12.3. The van der Waals surface area contributed by atoms with Crippen LogP contribution in [0.1, 0.15) is 5.56 Å². The van der Waals surface area contributed by atoms with Gasteiger partial charge in [0.05, 0.1) is 7.11 Å². The number of likely N-dealkylation sites (N-methyl/N-ethyl adjacent to an activating group) is 1. The van der Waals surface area contributed by atoms with Crippen LogP contribution in [0.3, 0.4) is 0 Å². The van der Waals surface area contributed by atoms with Gasteiger partial charge in [0.2, 0.25) is 0 Å². The van der Waals surface area contributed by atoms with Crippen molar-refractivity contribution in [2.75, 3.05) is 39.7 Å². The van der Waals surface area contributed by atoms with Crippen LogP contribution in [0.2, 0.25) is 0 Å². The Balaban J connectivity index is 1.83. The van der Waals surface area contributed by atoms with Crippen LogP contribution in [0.5, 0.6) is 11.5 Å². The van der Waals surface area contributed by atoms with E-state index in [4.69, 9.17) is 9.47 Å². The molecule has 0 radical (unpaired) electrons. The smallest absolute Gasteiger partial charge is 0.165 e. The van der Waals surface area contributed by atoms with Gasteiger partial charge in [-0.3, -0.25) is 0 Å². The van der Waals surface area contributed by atoms with Crippen LogP contribution in [0.15, 0.2) is 42.5 Å². The first-order valence-corrected chi connectivity index (χ1v) is 8.10. The summed E-state index contributed by atoms with van der Waals surface area (Å²) in [5.41, 5.74) is 1.72. The Bertz CT molecular complexity index is 662. The second-order valence-corrected chi connectivity index (χ2v) is 6.07. The molecule has 2 aromatic carbocycles. The second kappa shape index (κ2) is 9.25. The quantitative estimate of drug-likeness (QED) is 0.730. The normalized spacial score (nSPS) is 12.1. The minimum Gasteiger partial charge on any atom is -0.494 e. The summed E-state index contributed by atoms with van der Waals surface area (Å²) in [6.07, 6.45) is -0.530. The molecule has 0 aliphatic heterocycles. The molecular weight excluding hydrogens is 323 g/mol. The van der Waals surface area contributed by atoms with Gasteiger partial charge in [-0.2, -0.15) is 0 Å². The monoisotopic (exact) mass is 348 g/mol. The molecule has 0 aliphatic rings. The number of aliphatic hydroxyl groups excluding tert-OH is 1. The summed E-state index contributed by atoms with van der Waals surface area (Å²) in [4.78, 5) is 1.91. The number of halogens is 1. The third kappa shape index (κ3) is 6.25. The number of aliphatic hydroxyl groups is 1. The van der Waals surface area contributed by atoms with Gasteiger partial charge in [0, 0.05) is 18.8 Å². The molecule has 0 saturated heterocycles. The van der Waals surface area contributed by atoms with E-state index in [1.807, 2.05) is 49.3 Å². The summed E-state index contributed by atoms with van der Waals surface area (Å²) < 4.78 is 24.1. The van der Waals surface area contributed by atoms with Crippen LogP contribution >= 0.6 is 0 Å². The lowest BCUT2D eigenvalue weighted by Crippen LogP contribution is -2.30. The third-order valence-corrected chi connectivity index (χ3v) is 3.59. The molecule has 0 bridgehead atoms. The molecule has 5 nitrogen and oxygen atoms in total. The van der Waals surface area contributed by atoms with Crippen molar-refractivity contribution >= 4 is 5.69 Å². The highest BCUT2D eigenvalue weighted by Gasteiger charge is 2.07. The highest BCUT2D eigenvalue weighted by Crippen LogP contribution is 2.20. The molecule has 0 spiro atoms. The standard InChI is InChI=1S/C19H25FN2O3/c1-22(2)12-16(23)13-25-17-7-5-15(6-8-17)21-11-14-4-9-19(24-3)18(20)10-14/h4-10,16,21,23H,11-13H2,1-3H3. The predicted molar refractivity (Wildman–Crippen MR) is 96.8 cm³/mol. The Hall–Kier alpha value is -2.31. The number of nitrogens with zero attached hydrogens (tertiary/aromatic N) is 1. The van der Waals surface area contributed by atoms with Gasteiger partial charge in [-0.05, 0) is 56.1 Å². The first kappa shape index (κ1) is 19.0. The average molecular weight is 348 g/mol. The minimum atomic E-state index is -0.530. The zero-order valence-electron chi connectivity index (χ0n) is 14.8. The third-order valence-electron chi connectivity index (χ3n) is 3.59. The molecule has 6 heteroatoms. The summed E-state index contributed by atoms with van der Waals surface area (Å²) in [7, 11) is 5.25. The van der Waals surface area contributed by atoms with Crippen LogP contribution in [-0.4, -0.2) is 50.5 Å². The number of anilines is 1. The number of nitrogens with one attached hydrogen (secondary N) is 1. The highest BCUT2D eigenvalue weighted by molar-refractivity contribution is 5.47. The van der Waals surface area contributed by atoms with E-state index in [1.165, 1.54) is 13.2 Å².